The molecule has 0 unspecified atom stereocenters. The number of carbonyl (C=O) groups excluding carboxylic acids is 1. The number of hydrogen-bond donors (Lipinski definition) is 1. The van der Waals surface area contributed by atoms with Gasteiger partial charge in [-0.3, -0.25) is 4.79 Å². The van der Waals surface area contributed by atoms with Crippen LogP contribution >= 0.6 is 0 Å². The topological polar surface area (TPSA) is 68.5 Å². The van der Waals surface area contributed by atoms with E-state index in [1.165, 1.54) is 24.5 Å². The van der Waals surface area contributed by atoms with E-state index in [0.717, 1.165) is 24.5 Å². The van der Waals surface area contributed by atoms with Crippen molar-refractivity contribution in [2.45, 2.75) is 26.1 Å². The summed E-state index contributed by atoms with van der Waals surface area (Å²) in [5, 5.41) is 14.0. The first kappa shape index (κ1) is 16.3. The minimum atomic E-state index is -0.239. The van der Waals surface area contributed by atoms with E-state index in [1.807, 2.05) is 38.1 Å². The Kier molecular flexibility index (Phi) is 4.66. The van der Waals surface area contributed by atoms with Gasteiger partial charge in [0.2, 0.25) is 0 Å². The second-order valence-electron chi connectivity index (χ2n) is 6.08. The number of benzene rings is 1. The first-order chi connectivity index (χ1) is 11.5. The van der Waals surface area contributed by atoms with Crippen molar-refractivity contribution in [1.82, 2.24) is 0 Å². The third kappa shape index (κ3) is 3.65. The number of ether oxygens (including phenoxy) is 1. The monoisotopic (exact) mass is 327 g/mol. The van der Waals surface area contributed by atoms with Gasteiger partial charge in [0, 0.05) is 25.2 Å². The van der Waals surface area contributed by atoms with E-state index >= 15 is 0 Å². The molecule has 2 heterocycles. The zero-order chi connectivity index (χ0) is 17.1. The average Bonchev–Trinajstić information content (AvgIpc) is 2.55. The number of rotatable bonds is 3. The van der Waals surface area contributed by atoms with Gasteiger partial charge in [0.05, 0.1) is 29.1 Å². The maximum absolute atomic E-state index is 12.4. The summed E-state index contributed by atoms with van der Waals surface area (Å²) in [6, 6.07) is 10.7. The maximum Gasteiger partial charge on any atom is 0.256 e. The van der Waals surface area contributed by atoms with Crippen molar-refractivity contribution in [2.24, 2.45) is 0 Å². The zero-order valence-electron chi connectivity index (χ0n) is 13.8. The highest BCUT2D eigenvalue weighted by Gasteiger charge is 2.24. The molecule has 1 aliphatic heterocycles. The summed E-state index contributed by atoms with van der Waals surface area (Å²) in [6.07, 6.45) is 2.90. The van der Waals surface area contributed by atoms with Crippen LogP contribution in [-0.2, 0) is 4.74 Å². The molecule has 24 heavy (non-hydrogen) atoms. The zero-order valence-corrected chi connectivity index (χ0v) is 13.8. The standard InChI is InChI=1S/C18H21N3O3/c1-13-11-20(12-14(2)24-13)17-6-4-3-5-16(17)19-18(22)15-7-9-21(23)10-8-15/h3-10,13-14H,11-12H2,1-2H3,(H,19,22)/t13-,14-/m1/s1. The summed E-state index contributed by atoms with van der Waals surface area (Å²) < 4.78 is 6.43. The molecule has 0 radical (unpaired) electrons. The van der Waals surface area contributed by atoms with Crippen LogP contribution in [0.25, 0.3) is 0 Å². The molecule has 1 N–H and O–H groups in total. The Balaban J connectivity index is 1.81. The Morgan fingerprint density at radius 3 is 2.46 bits per heavy atom. The van der Waals surface area contributed by atoms with E-state index in [1.54, 1.807) is 0 Å². The van der Waals surface area contributed by atoms with E-state index in [-0.39, 0.29) is 18.1 Å². The van der Waals surface area contributed by atoms with Gasteiger partial charge in [0.25, 0.3) is 5.91 Å². The minimum Gasteiger partial charge on any atom is -0.619 e. The first-order valence-electron chi connectivity index (χ1n) is 8.02. The fraction of sp³-hybridized carbons (Fsp3) is 0.333. The van der Waals surface area contributed by atoms with Crippen LogP contribution in [0.4, 0.5) is 11.4 Å². The SMILES string of the molecule is C[C@@H]1CN(c2ccccc2NC(=O)c2cc[n+]([O-])cc2)C[C@@H](C)O1. The molecule has 3 rings (SSSR count). The van der Waals surface area contributed by atoms with Gasteiger partial charge in [0.15, 0.2) is 12.4 Å². The van der Waals surface area contributed by atoms with Gasteiger partial charge < -0.3 is 20.2 Å². The smallest absolute Gasteiger partial charge is 0.256 e. The molecule has 1 saturated heterocycles. The predicted octanol–water partition coefficient (Wildman–Crippen LogP) is 2.19. The number of morpholine rings is 1. The number of para-hydroxylation sites is 2. The first-order valence-corrected chi connectivity index (χ1v) is 8.02. The molecular weight excluding hydrogens is 306 g/mol. The summed E-state index contributed by atoms with van der Waals surface area (Å²) in [4.78, 5) is 14.7. The molecule has 0 spiro atoms. The Morgan fingerprint density at radius 2 is 1.79 bits per heavy atom. The van der Waals surface area contributed by atoms with Gasteiger partial charge in [-0.05, 0) is 26.0 Å². The lowest BCUT2D eigenvalue weighted by atomic mass is 10.1. The molecule has 2 aromatic rings. The van der Waals surface area contributed by atoms with E-state index in [9.17, 15) is 10.0 Å². The number of amides is 1. The van der Waals surface area contributed by atoms with Crippen LogP contribution in [-0.4, -0.2) is 31.2 Å². The highest BCUT2D eigenvalue weighted by atomic mass is 16.5. The van der Waals surface area contributed by atoms with Gasteiger partial charge in [-0.25, -0.2) is 0 Å². The molecule has 1 aromatic heterocycles. The van der Waals surface area contributed by atoms with Crippen molar-refractivity contribution in [2.75, 3.05) is 23.3 Å². The fourth-order valence-corrected chi connectivity index (χ4v) is 2.99. The van der Waals surface area contributed by atoms with Crippen LogP contribution in [0.1, 0.15) is 24.2 Å². The number of hydrogen-bond acceptors (Lipinski definition) is 4. The molecular formula is C18H21N3O3. The van der Waals surface area contributed by atoms with Gasteiger partial charge in [-0.1, -0.05) is 12.1 Å². The maximum atomic E-state index is 12.4. The van der Waals surface area contributed by atoms with Crippen LogP contribution in [0.5, 0.6) is 0 Å². The van der Waals surface area contributed by atoms with E-state index < -0.39 is 0 Å². The summed E-state index contributed by atoms with van der Waals surface area (Å²) in [5.74, 6) is -0.239. The fourth-order valence-electron chi connectivity index (χ4n) is 2.99. The lowest BCUT2D eigenvalue weighted by Gasteiger charge is -2.37. The molecule has 2 atom stereocenters. The van der Waals surface area contributed by atoms with Crippen LogP contribution < -0.4 is 14.9 Å². The highest BCUT2D eigenvalue weighted by molar-refractivity contribution is 6.05. The molecule has 126 valence electrons. The minimum absolute atomic E-state index is 0.138. The van der Waals surface area contributed by atoms with E-state index in [0.29, 0.717) is 10.3 Å². The molecule has 1 amide bonds. The van der Waals surface area contributed by atoms with Crippen LogP contribution in [0.2, 0.25) is 0 Å². The molecule has 1 fully saturated rings. The van der Waals surface area contributed by atoms with Crippen molar-refractivity contribution in [3.05, 3.63) is 59.6 Å². The van der Waals surface area contributed by atoms with Gasteiger partial charge in [0.1, 0.15) is 0 Å². The van der Waals surface area contributed by atoms with Gasteiger partial charge in [-0.2, -0.15) is 4.73 Å². The largest absolute Gasteiger partial charge is 0.619 e. The molecule has 6 nitrogen and oxygen atoms in total. The Morgan fingerprint density at radius 1 is 1.17 bits per heavy atom. The molecule has 0 bridgehead atoms. The number of carbonyl (C=O) groups is 1. The summed E-state index contributed by atoms with van der Waals surface area (Å²) in [7, 11) is 0. The molecule has 0 aliphatic carbocycles. The summed E-state index contributed by atoms with van der Waals surface area (Å²) >= 11 is 0. The number of nitrogens with one attached hydrogen (secondary N) is 1. The molecule has 1 aliphatic rings. The van der Waals surface area contributed by atoms with Crippen LogP contribution in [0.3, 0.4) is 0 Å². The normalized spacial score (nSPS) is 20.7. The van der Waals surface area contributed by atoms with Crippen LogP contribution in [0, 0.1) is 5.21 Å². The van der Waals surface area contributed by atoms with E-state index in [4.69, 9.17) is 4.74 Å². The summed E-state index contributed by atoms with van der Waals surface area (Å²) in [5.41, 5.74) is 2.17. The van der Waals surface area contributed by atoms with Gasteiger partial charge in [-0.15, -0.1) is 0 Å². The average molecular weight is 327 g/mol. The van der Waals surface area contributed by atoms with Crippen molar-refractivity contribution in [1.29, 1.82) is 0 Å². The summed E-state index contributed by atoms with van der Waals surface area (Å²) in [6.45, 7) is 5.65. The van der Waals surface area contributed by atoms with Crippen molar-refractivity contribution < 1.29 is 14.3 Å². The third-order valence-electron chi connectivity index (χ3n) is 3.98. The van der Waals surface area contributed by atoms with Gasteiger partial charge >= 0.3 is 0 Å². The van der Waals surface area contributed by atoms with Crippen LogP contribution in [0.15, 0.2) is 48.8 Å². The molecule has 6 heteroatoms. The number of nitrogens with zero attached hydrogens (tertiary/aromatic N) is 2. The Hall–Kier alpha value is -2.60. The second kappa shape index (κ2) is 6.88. The molecule has 0 saturated carbocycles. The number of pyridine rings is 1. The second-order valence-corrected chi connectivity index (χ2v) is 6.08. The molecule has 1 aromatic carbocycles. The Bertz CT molecular complexity index is 708. The lowest BCUT2D eigenvalue weighted by Crippen LogP contribution is -2.45. The van der Waals surface area contributed by atoms with Crippen molar-refractivity contribution in [3.63, 3.8) is 0 Å². The van der Waals surface area contributed by atoms with Crippen molar-refractivity contribution >= 4 is 17.3 Å². The third-order valence-corrected chi connectivity index (χ3v) is 3.98. The highest BCUT2D eigenvalue weighted by Crippen LogP contribution is 2.28. The quantitative estimate of drug-likeness (QED) is 0.693. The predicted molar refractivity (Wildman–Crippen MR) is 92.0 cm³/mol. The lowest BCUT2D eigenvalue weighted by molar-refractivity contribution is -0.605. The van der Waals surface area contributed by atoms with Crippen molar-refractivity contribution in [3.8, 4) is 0 Å². The number of anilines is 2. The van der Waals surface area contributed by atoms with E-state index in [2.05, 4.69) is 10.2 Å². The Labute approximate surface area is 141 Å². The number of aromatic nitrogens is 1.